The smallest absolute Gasteiger partial charge is 0.331 e. The van der Waals surface area contributed by atoms with Crippen LogP contribution in [0.15, 0.2) is 35.9 Å². The Morgan fingerprint density at radius 2 is 2.33 bits per heavy atom. The van der Waals surface area contributed by atoms with E-state index in [1.54, 1.807) is 13.0 Å². The van der Waals surface area contributed by atoms with Crippen molar-refractivity contribution >= 4 is 34.2 Å². The van der Waals surface area contributed by atoms with Crippen molar-refractivity contribution in [1.82, 2.24) is 0 Å². The van der Waals surface area contributed by atoms with Crippen molar-refractivity contribution in [2.24, 2.45) is 0 Å². The van der Waals surface area contributed by atoms with E-state index in [4.69, 9.17) is 5.11 Å². The molecule has 0 saturated carbocycles. The molecule has 0 saturated heterocycles. The maximum Gasteiger partial charge on any atom is 0.331 e. The van der Waals surface area contributed by atoms with Crippen molar-refractivity contribution in [2.75, 3.05) is 11.9 Å². The lowest BCUT2D eigenvalue weighted by molar-refractivity contribution is -0.132. The molecule has 15 heavy (non-hydrogen) atoms. The van der Waals surface area contributed by atoms with E-state index in [0.29, 0.717) is 12.1 Å². The number of aliphatic carboxylic acids is 1. The molecule has 80 valence electrons. The maximum atomic E-state index is 10.5. The molecule has 0 aliphatic heterocycles. The number of anilines is 1. The van der Waals surface area contributed by atoms with E-state index in [-0.39, 0.29) is 0 Å². The number of carbonyl (C=O) groups is 1. The van der Waals surface area contributed by atoms with Gasteiger partial charge in [-0.25, -0.2) is 4.79 Å². The summed E-state index contributed by atoms with van der Waals surface area (Å²) in [7, 11) is 0. The van der Waals surface area contributed by atoms with Gasteiger partial charge in [-0.15, -0.1) is 0 Å². The molecular formula is C11H12INO2. The number of benzene rings is 1. The number of carboxylic acids is 1. The van der Waals surface area contributed by atoms with Gasteiger partial charge in [0.05, 0.1) is 0 Å². The molecule has 0 unspecified atom stereocenters. The van der Waals surface area contributed by atoms with Crippen LogP contribution in [-0.4, -0.2) is 17.6 Å². The number of halogens is 1. The molecule has 1 aromatic carbocycles. The molecule has 0 amide bonds. The van der Waals surface area contributed by atoms with Crippen molar-refractivity contribution in [1.29, 1.82) is 0 Å². The van der Waals surface area contributed by atoms with Crippen LogP contribution in [0.2, 0.25) is 0 Å². The van der Waals surface area contributed by atoms with Gasteiger partial charge in [0.2, 0.25) is 0 Å². The predicted octanol–water partition coefficient (Wildman–Crippen LogP) is 2.73. The van der Waals surface area contributed by atoms with Gasteiger partial charge < -0.3 is 10.4 Å². The molecule has 1 aromatic rings. The van der Waals surface area contributed by atoms with Gasteiger partial charge in [0, 0.05) is 21.4 Å². The highest BCUT2D eigenvalue weighted by atomic mass is 127. The van der Waals surface area contributed by atoms with Gasteiger partial charge in [0.1, 0.15) is 0 Å². The highest BCUT2D eigenvalue weighted by molar-refractivity contribution is 14.1. The van der Waals surface area contributed by atoms with Crippen molar-refractivity contribution < 1.29 is 9.90 Å². The summed E-state index contributed by atoms with van der Waals surface area (Å²) in [6, 6.07) is 7.92. The monoisotopic (exact) mass is 317 g/mol. The molecule has 0 bridgehead atoms. The Balaban J connectivity index is 2.51. The number of hydrogen-bond donors (Lipinski definition) is 2. The zero-order valence-electron chi connectivity index (χ0n) is 8.33. The first-order valence-corrected chi connectivity index (χ1v) is 5.57. The highest BCUT2D eigenvalue weighted by Crippen LogP contribution is 2.11. The molecule has 3 nitrogen and oxygen atoms in total. The molecule has 2 N–H and O–H groups in total. The first-order valence-electron chi connectivity index (χ1n) is 4.49. The Morgan fingerprint density at radius 1 is 1.60 bits per heavy atom. The lowest BCUT2D eigenvalue weighted by atomic mass is 10.3. The maximum absolute atomic E-state index is 10.5. The van der Waals surface area contributed by atoms with E-state index >= 15 is 0 Å². The largest absolute Gasteiger partial charge is 0.478 e. The summed E-state index contributed by atoms with van der Waals surface area (Å²) < 4.78 is 1.15. The van der Waals surface area contributed by atoms with E-state index in [2.05, 4.69) is 27.9 Å². The van der Waals surface area contributed by atoms with Crippen LogP contribution in [0.1, 0.15) is 6.92 Å². The zero-order chi connectivity index (χ0) is 11.3. The average molecular weight is 317 g/mol. The van der Waals surface area contributed by atoms with Gasteiger partial charge in [-0.05, 0) is 47.7 Å². The summed E-state index contributed by atoms with van der Waals surface area (Å²) in [5.74, 6) is -0.876. The quantitative estimate of drug-likeness (QED) is 0.663. The molecule has 0 aromatic heterocycles. The van der Waals surface area contributed by atoms with Crippen LogP contribution < -0.4 is 5.32 Å². The zero-order valence-corrected chi connectivity index (χ0v) is 10.5. The van der Waals surface area contributed by atoms with Crippen LogP contribution in [0.4, 0.5) is 5.69 Å². The third-order valence-corrected chi connectivity index (χ3v) is 2.55. The average Bonchev–Trinajstić information content (AvgIpc) is 2.17. The molecule has 1 rings (SSSR count). The Hall–Kier alpha value is -1.04. The van der Waals surface area contributed by atoms with E-state index in [9.17, 15) is 4.79 Å². The summed E-state index contributed by atoms with van der Waals surface area (Å²) in [6.07, 6.45) is 1.65. The topological polar surface area (TPSA) is 49.3 Å². The fourth-order valence-electron chi connectivity index (χ4n) is 1.01. The Morgan fingerprint density at radius 3 is 2.93 bits per heavy atom. The Labute approximate surface area is 102 Å². The summed E-state index contributed by atoms with van der Waals surface area (Å²) in [4.78, 5) is 10.5. The third-order valence-electron chi connectivity index (χ3n) is 1.88. The minimum atomic E-state index is -0.876. The minimum Gasteiger partial charge on any atom is -0.478 e. The van der Waals surface area contributed by atoms with Gasteiger partial charge in [-0.3, -0.25) is 0 Å². The summed E-state index contributed by atoms with van der Waals surface area (Å²) in [5.41, 5.74) is 1.35. The van der Waals surface area contributed by atoms with Gasteiger partial charge in [-0.2, -0.15) is 0 Å². The van der Waals surface area contributed by atoms with Gasteiger partial charge in [0.15, 0.2) is 0 Å². The van der Waals surface area contributed by atoms with Crippen LogP contribution >= 0.6 is 22.6 Å². The number of carboxylic acid groups (broad SMARTS) is 1. The standard InChI is InChI=1S/C11H12INO2/c1-8(11(14)15)5-6-13-10-4-2-3-9(12)7-10/h2-5,7,13H,6H2,1H3,(H,14,15)/b8-5-. The Bertz CT molecular complexity index is 388. The second-order valence-corrected chi connectivity index (χ2v) is 4.33. The first kappa shape index (κ1) is 12.0. The molecule has 0 spiro atoms. The second kappa shape index (κ2) is 5.75. The van der Waals surface area contributed by atoms with Crippen molar-refractivity contribution in [2.45, 2.75) is 6.92 Å². The van der Waals surface area contributed by atoms with Crippen LogP contribution in [0.3, 0.4) is 0 Å². The molecule has 0 radical (unpaired) electrons. The molecule has 4 heteroatoms. The normalized spacial score (nSPS) is 11.2. The van der Waals surface area contributed by atoms with Crippen molar-refractivity contribution in [3.05, 3.63) is 39.5 Å². The lowest BCUT2D eigenvalue weighted by Gasteiger charge is -2.03. The minimum absolute atomic E-state index is 0.355. The number of nitrogens with one attached hydrogen (secondary N) is 1. The molecular weight excluding hydrogens is 305 g/mol. The molecule has 0 heterocycles. The number of hydrogen-bond acceptors (Lipinski definition) is 2. The lowest BCUT2D eigenvalue weighted by Crippen LogP contribution is -2.03. The highest BCUT2D eigenvalue weighted by Gasteiger charge is 1.97. The SMILES string of the molecule is C/C(=C/CNc1cccc(I)c1)C(=O)O. The van der Waals surface area contributed by atoms with E-state index in [1.807, 2.05) is 24.3 Å². The Kier molecular flexibility index (Phi) is 4.61. The molecule has 0 aliphatic rings. The summed E-state index contributed by atoms with van der Waals surface area (Å²) in [6.45, 7) is 2.11. The van der Waals surface area contributed by atoms with Crippen molar-refractivity contribution in [3.8, 4) is 0 Å². The number of rotatable bonds is 4. The van der Waals surface area contributed by atoms with E-state index < -0.39 is 5.97 Å². The van der Waals surface area contributed by atoms with Crippen LogP contribution in [0.5, 0.6) is 0 Å². The van der Waals surface area contributed by atoms with Gasteiger partial charge >= 0.3 is 5.97 Å². The van der Waals surface area contributed by atoms with Crippen LogP contribution in [0, 0.1) is 3.57 Å². The van der Waals surface area contributed by atoms with Gasteiger partial charge in [-0.1, -0.05) is 12.1 Å². The van der Waals surface area contributed by atoms with Crippen molar-refractivity contribution in [3.63, 3.8) is 0 Å². The van der Waals surface area contributed by atoms with Gasteiger partial charge in [0.25, 0.3) is 0 Å². The molecule has 0 fully saturated rings. The summed E-state index contributed by atoms with van der Waals surface area (Å²) in [5, 5.41) is 11.8. The molecule has 0 aliphatic carbocycles. The fourth-order valence-corrected chi connectivity index (χ4v) is 1.55. The third kappa shape index (κ3) is 4.33. The van der Waals surface area contributed by atoms with E-state index in [1.165, 1.54) is 0 Å². The second-order valence-electron chi connectivity index (χ2n) is 3.08. The molecule has 0 atom stereocenters. The summed E-state index contributed by atoms with van der Waals surface area (Å²) >= 11 is 2.23. The first-order chi connectivity index (χ1) is 7.09. The predicted molar refractivity (Wildman–Crippen MR) is 69.0 cm³/mol. The fraction of sp³-hybridized carbons (Fsp3) is 0.182. The van der Waals surface area contributed by atoms with E-state index in [0.717, 1.165) is 9.26 Å². The van der Waals surface area contributed by atoms with Crippen LogP contribution in [-0.2, 0) is 4.79 Å². The van der Waals surface area contributed by atoms with Crippen LogP contribution in [0.25, 0.3) is 0 Å².